The summed E-state index contributed by atoms with van der Waals surface area (Å²) in [5.41, 5.74) is -1.07. The van der Waals surface area contributed by atoms with Crippen LogP contribution in [0.2, 0.25) is 0 Å². The minimum atomic E-state index is -4.61. The van der Waals surface area contributed by atoms with Crippen molar-refractivity contribution in [3.8, 4) is 0 Å². The molecule has 2 aromatic rings. The number of nitrogens with zero attached hydrogens (tertiary/aromatic N) is 5. The summed E-state index contributed by atoms with van der Waals surface area (Å²) in [6.07, 6.45) is -2.32. The molecule has 0 amide bonds. The monoisotopic (exact) mass is 315 g/mol. The Morgan fingerprint density at radius 1 is 1.45 bits per heavy atom. The fourth-order valence-electron chi connectivity index (χ4n) is 2.57. The number of halogens is 3. The van der Waals surface area contributed by atoms with E-state index in [1.165, 1.54) is 11.6 Å². The number of fused-ring (bicyclic) bond motifs is 1. The molecule has 1 fully saturated rings. The average molecular weight is 315 g/mol. The van der Waals surface area contributed by atoms with Crippen LogP contribution in [-0.2, 0) is 15.7 Å². The van der Waals surface area contributed by atoms with Gasteiger partial charge < -0.3 is 9.64 Å². The maximum absolute atomic E-state index is 13.0. The molecule has 1 atom stereocenters. The molecule has 118 valence electrons. The average Bonchev–Trinajstić information content (AvgIpc) is 3.12. The van der Waals surface area contributed by atoms with Crippen LogP contribution in [0.25, 0.3) is 5.78 Å². The standard InChI is InChI=1S/C12H12F3N5O2/c1-22-10(21)7-3-2-4-19(7)9-5-8(12(13,14)15)18-11-16-6-17-20(9)11/h5-7H,2-4H2,1H3. The predicted molar refractivity (Wildman–Crippen MR) is 68.2 cm³/mol. The van der Waals surface area contributed by atoms with Crippen molar-refractivity contribution in [2.45, 2.75) is 25.1 Å². The van der Waals surface area contributed by atoms with Crippen molar-refractivity contribution in [2.75, 3.05) is 18.6 Å². The van der Waals surface area contributed by atoms with Crippen LogP contribution in [0.15, 0.2) is 12.4 Å². The molecule has 10 heteroatoms. The first-order valence-corrected chi connectivity index (χ1v) is 6.54. The van der Waals surface area contributed by atoms with Gasteiger partial charge >= 0.3 is 12.1 Å². The Labute approximate surface area is 122 Å². The summed E-state index contributed by atoms with van der Waals surface area (Å²) >= 11 is 0. The fourth-order valence-corrected chi connectivity index (χ4v) is 2.57. The molecule has 3 heterocycles. The van der Waals surface area contributed by atoms with Gasteiger partial charge in [-0.2, -0.15) is 27.8 Å². The highest BCUT2D eigenvalue weighted by Crippen LogP contribution is 2.33. The first-order valence-electron chi connectivity index (χ1n) is 6.54. The van der Waals surface area contributed by atoms with Gasteiger partial charge in [0.25, 0.3) is 5.78 Å². The molecule has 0 aromatic carbocycles. The lowest BCUT2D eigenvalue weighted by molar-refractivity contribution is -0.142. The quantitative estimate of drug-likeness (QED) is 0.778. The van der Waals surface area contributed by atoms with E-state index in [0.29, 0.717) is 19.4 Å². The van der Waals surface area contributed by atoms with E-state index in [9.17, 15) is 18.0 Å². The SMILES string of the molecule is COC(=O)C1CCCN1c1cc(C(F)(F)F)nc2ncnn12. The molecule has 1 saturated heterocycles. The van der Waals surface area contributed by atoms with Crippen molar-refractivity contribution in [3.05, 3.63) is 18.1 Å². The van der Waals surface area contributed by atoms with Crippen LogP contribution in [0.1, 0.15) is 18.5 Å². The molecule has 0 spiro atoms. The summed E-state index contributed by atoms with van der Waals surface area (Å²) < 4.78 is 44.8. The second-order valence-corrected chi connectivity index (χ2v) is 4.84. The maximum Gasteiger partial charge on any atom is 0.433 e. The fraction of sp³-hybridized carbons (Fsp3) is 0.500. The van der Waals surface area contributed by atoms with Crippen molar-refractivity contribution in [3.63, 3.8) is 0 Å². The van der Waals surface area contributed by atoms with Gasteiger partial charge in [-0.25, -0.2) is 9.78 Å². The van der Waals surface area contributed by atoms with Crippen molar-refractivity contribution in [1.29, 1.82) is 0 Å². The van der Waals surface area contributed by atoms with Crippen LogP contribution < -0.4 is 4.90 Å². The van der Waals surface area contributed by atoms with Crippen LogP contribution in [0.5, 0.6) is 0 Å². The zero-order valence-corrected chi connectivity index (χ0v) is 11.5. The van der Waals surface area contributed by atoms with E-state index in [1.807, 2.05) is 0 Å². The molecule has 7 nitrogen and oxygen atoms in total. The molecule has 1 aliphatic heterocycles. The first-order chi connectivity index (χ1) is 10.4. The molecule has 1 aliphatic rings. The van der Waals surface area contributed by atoms with E-state index in [2.05, 4.69) is 15.1 Å². The Kier molecular flexibility index (Phi) is 3.38. The van der Waals surface area contributed by atoms with Crippen molar-refractivity contribution in [2.24, 2.45) is 0 Å². The van der Waals surface area contributed by atoms with Crippen molar-refractivity contribution >= 4 is 17.6 Å². The Balaban J connectivity index is 2.13. The van der Waals surface area contributed by atoms with Gasteiger partial charge in [-0.15, -0.1) is 0 Å². The summed E-state index contributed by atoms with van der Waals surface area (Å²) in [5.74, 6) is -0.529. The molecule has 1 unspecified atom stereocenters. The normalized spacial score (nSPS) is 18.9. The molecular weight excluding hydrogens is 303 g/mol. The highest BCUT2D eigenvalue weighted by atomic mass is 19.4. The van der Waals surface area contributed by atoms with Gasteiger partial charge in [-0.05, 0) is 12.8 Å². The van der Waals surface area contributed by atoms with Gasteiger partial charge in [0.05, 0.1) is 7.11 Å². The number of alkyl halides is 3. The predicted octanol–water partition coefficient (Wildman–Crippen LogP) is 1.28. The highest BCUT2D eigenvalue weighted by Gasteiger charge is 2.38. The number of rotatable bonds is 2. The lowest BCUT2D eigenvalue weighted by Crippen LogP contribution is -2.38. The van der Waals surface area contributed by atoms with Crippen LogP contribution in [0.4, 0.5) is 19.0 Å². The van der Waals surface area contributed by atoms with E-state index in [0.717, 1.165) is 12.4 Å². The molecule has 3 rings (SSSR count). The lowest BCUT2D eigenvalue weighted by atomic mass is 10.2. The highest BCUT2D eigenvalue weighted by molar-refractivity contribution is 5.80. The summed E-state index contributed by atoms with van der Waals surface area (Å²) in [6.45, 7) is 0.427. The first kappa shape index (κ1) is 14.5. The van der Waals surface area contributed by atoms with Gasteiger partial charge in [0.15, 0.2) is 5.69 Å². The van der Waals surface area contributed by atoms with Crippen LogP contribution >= 0.6 is 0 Å². The summed E-state index contributed by atoms with van der Waals surface area (Å²) in [6, 6.07) is 0.240. The zero-order valence-electron chi connectivity index (χ0n) is 11.5. The van der Waals surface area contributed by atoms with Gasteiger partial charge in [-0.1, -0.05) is 0 Å². The van der Waals surface area contributed by atoms with E-state index in [1.54, 1.807) is 4.90 Å². The van der Waals surface area contributed by atoms with E-state index >= 15 is 0 Å². The molecule has 0 saturated carbocycles. The molecule has 0 bridgehead atoms. The number of methoxy groups -OCH3 is 1. The molecule has 2 aromatic heterocycles. The van der Waals surface area contributed by atoms with Gasteiger partial charge in [0.1, 0.15) is 18.2 Å². The largest absolute Gasteiger partial charge is 0.467 e. The third-order valence-electron chi connectivity index (χ3n) is 3.54. The molecule has 0 N–H and O–H groups in total. The van der Waals surface area contributed by atoms with Gasteiger partial charge in [-0.3, -0.25) is 0 Å². The Bertz CT molecular complexity index is 714. The van der Waals surface area contributed by atoms with Crippen LogP contribution in [0, 0.1) is 0 Å². The van der Waals surface area contributed by atoms with E-state index in [4.69, 9.17) is 4.74 Å². The van der Waals surface area contributed by atoms with E-state index in [-0.39, 0.29) is 11.6 Å². The summed E-state index contributed by atoms with van der Waals surface area (Å²) in [7, 11) is 1.25. The Morgan fingerprint density at radius 2 is 2.23 bits per heavy atom. The zero-order chi connectivity index (χ0) is 15.9. The summed E-state index contributed by atoms with van der Waals surface area (Å²) in [5, 5.41) is 3.89. The van der Waals surface area contributed by atoms with Crippen LogP contribution in [0.3, 0.4) is 0 Å². The smallest absolute Gasteiger partial charge is 0.433 e. The number of aromatic nitrogens is 4. The molecule has 0 radical (unpaired) electrons. The number of esters is 1. The molecular formula is C12H12F3N5O2. The van der Waals surface area contributed by atoms with Crippen LogP contribution in [-0.4, -0.2) is 45.2 Å². The second kappa shape index (κ2) is 5.11. The second-order valence-electron chi connectivity index (χ2n) is 4.84. The van der Waals surface area contributed by atoms with Gasteiger partial charge in [0.2, 0.25) is 0 Å². The number of carbonyl (C=O) groups excluding carboxylic acids is 1. The Hall–Kier alpha value is -2.39. The minimum Gasteiger partial charge on any atom is -0.467 e. The number of ether oxygens (including phenoxy) is 1. The third kappa shape index (κ3) is 2.34. The summed E-state index contributed by atoms with van der Waals surface area (Å²) in [4.78, 5) is 20.5. The lowest BCUT2D eigenvalue weighted by Gasteiger charge is -2.25. The minimum absolute atomic E-state index is 0.128. The number of carbonyl (C=O) groups is 1. The van der Waals surface area contributed by atoms with E-state index < -0.39 is 23.9 Å². The van der Waals surface area contributed by atoms with Crippen molar-refractivity contribution < 1.29 is 22.7 Å². The molecule has 0 aliphatic carbocycles. The molecule has 22 heavy (non-hydrogen) atoms. The Morgan fingerprint density at radius 3 is 2.91 bits per heavy atom. The van der Waals surface area contributed by atoms with Crippen molar-refractivity contribution in [1.82, 2.24) is 19.6 Å². The third-order valence-corrected chi connectivity index (χ3v) is 3.54. The number of anilines is 1. The maximum atomic E-state index is 13.0. The number of hydrogen-bond donors (Lipinski definition) is 0. The topological polar surface area (TPSA) is 72.6 Å². The van der Waals surface area contributed by atoms with Gasteiger partial charge in [0, 0.05) is 12.6 Å². The number of hydrogen-bond acceptors (Lipinski definition) is 6.